The van der Waals surface area contributed by atoms with Crippen molar-refractivity contribution in [2.75, 3.05) is 19.8 Å². The summed E-state index contributed by atoms with van der Waals surface area (Å²) in [6.07, 6.45) is 3.17. The number of ether oxygens (including phenoxy) is 2. The smallest absolute Gasteiger partial charge is 0.217 e. The third-order valence-corrected chi connectivity index (χ3v) is 3.52. The van der Waals surface area contributed by atoms with E-state index >= 15 is 0 Å². The van der Waals surface area contributed by atoms with Crippen molar-refractivity contribution in [3.8, 4) is 0 Å². The van der Waals surface area contributed by atoms with Gasteiger partial charge in [0.1, 0.15) is 18.7 Å². The Morgan fingerprint density at radius 1 is 1.55 bits per heavy atom. The van der Waals surface area contributed by atoms with Crippen LogP contribution in [0, 0.1) is 5.92 Å². The van der Waals surface area contributed by atoms with Crippen molar-refractivity contribution in [2.45, 2.75) is 59.0 Å². The van der Waals surface area contributed by atoms with Crippen LogP contribution in [0.15, 0.2) is 4.99 Å². The molecule has 20 heavy (non-hydrogen) atoms. The van der Waals surface area contributed by atoms with Gasteiger partial charge in [0, 0.05) is 13.5 Å². The van der Waals surface area contributed by atoms with Crippen LogP contribution in [0.25, 0.3) is 0 Å². The van der Waals surface area contributed by atoms with Crippen LogP contribution in [0.1, 0.15) is 47.0 Å². The number of amides is 1. The van der Waals surface area contributed by atoms with E-state index in [1.165, 1.54) is 6.92 Å². The number of nitrogens with zero attached hydrogens (tertiary/aromatic N) is 1. The van der Waals surface area contributed by atoms with Crippen molar-refractivity contribution in [2.24, 2.45) is 10.9 Å². The van der Waals surface area contributed by atoms with Crippen LogP contribution in [0.3, 0.4) is 0 Å². The maximum atomic E-state index is 11.3. The average molecular weight is 284 g/mol. The van der Waals surface area contributed by atoms with Gasteiger partial charge < -0.3 is 14.8 Å². The number of aliphatic imine (C=N–C) groups is 1. The van der Waals surface area contributed by atoms with Gasteiger partial charge in [0.05, 0.1) is 6.61 Å². The van der Waals surface area contributed by atoms with Gasteiger partial charge in [-0.2, -0.15) is 0 Å². The van der Waals surface area contributed by atoms with E-state index in [2.05, 4.69) is 31.1 Å². The minimum atomic E-state index is -0.127. The minimum Gasteiger partial charge on any atom is -0.477 e. The molecule has 1 aliphatic rings. The van der Waals surface area contributed by atoms with Gasteiger partial charge in [-0.3, -0.25) is 4.79 Å². The summed E-state index contributed by atoms with van der Waals surface area (Å²) in [5, 5.41) is 2.93. The summed E-state index contributed by atoms with van der Waals surface area (Å²) < 4.78 is 11.2. The molecule has 1 aliphatic heterocycles. The van der Waals surface area contributed by atoms with Gasteiger partial charge in [-0.05, 0) is 12.3 Å². The second-order valence-electron chi connectivity index (χ2n) is 5.42. The zero-order valence-corrected chi connectivity index (χ0v) is 13.1. The molecule has 0 saturated heterocycles. The van der Waals surface area contributed by atoms with Crippen LogP contribution in [0.4, 0.5) is 0 Å². The molecule has 0 aliphatic carbocycles. The van der Waals surface area contributed by atoms with E-state index in [-0.39, 0.29) is 18.0 Å². The van der Waals surface area contributed by atoms with E-state index in [9.17, 15) is 4.79 Å². The SMILES string of the molecule is CCCCOC[C@H]1COC(C(NC(C)=O)[C@@H](C)CC)=N1. The molecule has 0 bridgehead atoms. The van der Waals surface area contributed by atoms with Crippen molar-refractivity contribution in [3.05, 3.63) is 0 Å². The Kier molecular flexibility index (Phi) is 7.59. The van der Waals surface area contributed by atoms with E-state index in [0.717, 1.165) is 25.9 Å². The molecular formula is C15H28N2O3. The zero-order valence-electron chi connectivity index (χ0n) is 13.1. The first kappa shape index (κ1) is 17.0. The van der Waals surface area contributed by atoms with E-state index < -0.39 is 0 Å². The highest BCUT2D eigenvalue weighted by Crippen LogP contribution is 2.16. The van der Waals surface area contributed by atoms with Crippen molar-refractivity contribution in [3.63, 3.8) is 0 Å². The molecule has 0 aromatic carbocycles. The quantitative estimate of drug-likeness (QED) is 0.660. The topological polar surface area (TPSA) is 59.9 Å². The highest BCUT2D eigenvalue weighted by atomic mass is 16.5. The number of nitrogens with one attached hydrogen (secondary N) is 1. The maximum absolute atomic E-state index is 11.3. The minimum absolute atomic E-state index is 0.0516. The first-order valence-corrected chi connectivity index (χ1v) is 7.63. The van der Waals surface area contributed by atoms with Crippen LogP contribution in [0.5, 0.6) is 0 Å². The van der Waals surface area contributed by atoms with Crippen molar-refractivity contribution in [1.82, 2.24) is 5.32 Å². The molecule has 1 N–H and O–H groups in total. The Hall–Kier alpha value is -1.10. The predicted molar refractivity (Wildman–Crippen MR) is 80.0 cm³/mol. The van der Waals surface area contributed by atoms with E-state index in [1.807, 2.05) is 0 Å². The first-order chi connectivity index (χ1) is 9.58. The van der Waals surface area contributed by atoms with Crippen LogP contribution in [-0.4, -0.2) is 43.7 Å². The summed E-state index contributed by atoms with van der Waals surface area (Å²) in [6, 6.07) is -0.0692. The first-order valence-electron chi connectivity index (χ1n) is 7.63. The van der Waals surface area contributed by atoms with Gasteiger partial charge in [0.2, 0.25) is 11.8 Å². The van der Waals surface area contributed by atoms with Crippen LogP contribution in [0.2, 0.25) is 0 Å². The molecule has 1 heterocycles. The van der Waals surface area contributed by atoms with Crippen LogP contribution >= 0.6 is 0 Å². The lowest BCUT2D eigenvalue weighted by Crippen LogP contribution is -2.44. The van der Waals surface area contributed by atoms with Crippen LogP contribution < -0.4 is 5.32 Å². The summed E-state index contributed by atoms with van der Waals surface area (Å²) in [7, 11) is 0. The number of unbranched alkanes of at least 4 members (excludes halogenated alkanes) is 1. The normalized spacial score (nSPS) is 21.0. The van der Waals surface area contributed by atoms with Crippen molar-refractivity contribution >= 4 is 11.8 Å². The number of hydrogen-bond donors (Lipinski definition) is 1. The predicted octanol–water partition coefficient (Wildman–Crippen LogP) is 2.15. The summed E-state index contributed by atoms with van der Waals surface area (Å²) in [5.41, 5.74) is 0. The molecule has 0 aromatic heterocycles. The maximum Gasteiger partial charge on any atom is 0.217 e. The molecule has 1 unspecified atom stereocenters. The van der Waals surface area contributed by atoms with Crippen molar-refractivity contribution < 1.29 is 14.3 Å². The molecule has 1 amide bonds. The average Bonchev–Trinajstić information content (AvgIpc) is 2.88. The molecule has 5 nitrogen and oxygen atoms in total. The van der Waals surface area contributed by atoms with Crippen LogP contribution in [-0.2, 0) is 14.3 Å². The zero-order chi connectivity index (χ0) is 15.0. The molecule has 3 atom stereocenters. The second kappa shape index (κ2) is 8.95. The fourth-order valence-electron chi connectivity index (χ4n) is 2.06. The molecule has 0 spiro atoms. The fraction of sp³-hybridized carbons (Fsp3) is 0.867. The molecule has 0 fully saturated rings. The summed E-state index contributed by atoms with van der Waals surface area (Å²) in [5.74, 6) is 0.903. The van der Waals surface area contributed by atoms with Gasteiger partial charge in [0.25, 0.3) is 0 Å². The molecule has 0 saturated carbocycles. The molecule has 116 valence electrons. The molecule has 0 aromatic rings. The monoisotopic (exact) mass is 284 g/mol. The lowest BCUT2D eigenvalue weighted by atomic mass is 9.99. The van der Waals surface area contributed by atoms with Gasteiger partial charge >= 0.3 is 0 Å². The van der Waals surface area contributed by atoms with Gasteiger partial charge in [-0.1, -0.05) is 33.6 Å². The summed E-state index contributed by atoms with van der Waals surface area (Å²) in [4.78, 5) is 15.9. The number of rotatable bonds is 9. The van der Waals surface area contributed by atoms with Gasteiger partial charge in [-0.25, -0.2) is 4.99 Å². The lowest BCUT2D eigenvalue weighted by Gasteiger charge is -2.22. The lowest BCUT2D eigenvalue weighted by molar-refractivity contribution is -0.119. The number of carbonyl (C=O) groups excluding carboxylic acids is 1. The second-order valence-corrected chi connectivity index (χ2v) is 5.42. The molecule has 0 radical (unpaired) electrons. The summed E-state index contributed by atoms with van der Waals surface area (Å²) >= 11 is 0. The molecular weight excluding hydrogens is 256 g/mol. The van der Waals surface area contributed by atoms with Gasteiger partial charge in [-0.15, -0.1) is 0 Å². The standard InChI is InChI=1S/C15H28N2O3/c1-5-7-8-19-9-13-10-20-15(17-13)14(11(3)6-2)16-12(4)18/h11,13-14H,5-10H2,1-4H3,(H,16,18)/t11-,13-,14?/m0/s1. The van der Waals surface area contributed by atoms with E-state index in [4.69, 9.17) is 9.47 Å². The molecule has 1 rings (SSSR count). The number of carbonyl (C=O) groups is 1. The van der Waals surface area contributed by atoms with Crippen molar-refractivity contribution in [1.29, 1.82) is 0 Å². The Labute approximate surface area is 122 Å². The third kappa shape index (κ3) is 5.49. The Bertz CT molecular complexity index is 331. The molecule has 5 heteroatoms. The number of hydrogen-bond acceptors (Lipinski definition) is 4. The largest absolute Gasteiger partial charge is 0.477 e. The highest BCUT2D eigenvalue weighted by Gasteiger charge is 2.29. The van der Waals surface area contributed by atoms with E-state index in [1.54, 1.807) is 0 Å². The Morgan fingerprint density at radius 2 is 2.30 bits per heavy atom. The highest BCUT2D eigenvalue weighted by molar-refractivity contribution is 5.88. The van der Waals surface area contributed by atoms with Gasteiger partial charge in [0.15, 0.2) is 0 Å². The Morgan fingerprint density at radius 3 is 2.90 bits per heavy atom. The Balaban J connectivity index is 2.52. The third-order valence-electron chi connectivity index (χ3n) is 3.52. The van der Waals surface area contributed by atoms with E-state index in [0.29, 0.717) is 25.0 Å². The fourth-order valence-corrected chi connectivity index (χ4v) is 2.06. The summed E-state index contributed by atoms with van der Waals surface area (Å²) in [6.45, 7) is 9.78.